The van der Waals surface area contributed by atoms with E-state index in [-0.39, 0.29) is 11.8 Å². The number of hydrogen-bond donors (Lipinski definition) is 3. The molecule has 1 heterocycles. The van der Waals surface area contributed by atoms with Gasteiger partial charge in [0.25, 0.3) is 0 Å². The topological polar surface area (TPSA) is 78.4 Å². The maximum absolute atomic E-state index is 11.1. The zero-order chi connectivity index (χ0) is 9.14. The van der Waals surface area contributed by atoms with Crippen molar-refractivity contribution in [1.82, 2.24) is 10.6 Å². The first-order valence-corrected chi connectivity index (χ1v) is 3.85. The first kappa shape index (κ1) is 8.99. The van der Waals surface area contributed by atoms with Crippen molar-refractivity contribution in [2.45, 2.75) is 13.0 Å². The number of carbonyl (C=O) groups is 2. The Morgan fingerprint density at radius 1 is 1.58 bits per heavy atom. The van der Waals surface area contributed by atoms with Crippen molar-refractivity contribution in [2.24, 2.45) is 5.92 Å². The van der Waals surface area contributed by atoms with Gasteiger partial charge >= 0.3 is 5.97 Å². The van der Waals surface area contributed by atoms with E-state index in [1.165, 1.54) is 6.92 Å². The minimum absolute atomic E-state index is 0.0493. The molecular weight excluding hydrogens is 160 g/mol. The van der Waals surface area contributed by atoms with Gasteiger partial charge in [0, 0.05) is 13.1 Å². The number of carboxylic acids is 1. The summed E-state index contributed by atoms with van der Waals surface area (Å²) >= 11 is 0. The molecule has 1 rings (SSSR count). The molecule has 5 nitrogen and oxygen atoms in total. The molecule has 0 aromatic carbocycles. The van der Waals surface area contributed by atoms with Gasteiger partial charge in [-0.25, -0.2) is 0 Å². The van der Waals surface area contributed by atoms with Crippen molar-refractivity contribution in [3.8, 4) is 0 Å². The Hall–Kier alpha value is -1.10. The molecule has 1 fully saturated rings. The van der Waals surface area contributed by atoms with Gasteiger partial charge in [0.05, 0.1) is 5.92 Å². The third kappa shape index (κ3) is 1.94. The lowest BCUT2D eigenvalue weighted by Gasteiger charge is -2.26. The molecule has 5 heteroatoms. The number of nitrogens with one attached hydrogen (secondary N) is 2. The van der Waals surface area contributed by atoms with Crippen molar-refractivity contribution in [1.29, 1.82) is 0 Å². The number of carbonyl (C=O) groups excluding carboxylic acids is 1. The predicted octanol–water partition coefficient (Wildman–Crippen LogP) is -1.20. The van der Waals surface area contributed by atoms with E-state index >= 15 is 0 Å². The van der Waals surface area contributed by atoms with Crippen molar-refractivity contribution < 1.29 is 14.7 Å². The highest BCUT2D eigenvalue weighted by atomic mass is 16.4. The van der Waals surface area contributed by atoms with Gasteiger partial charge in [-0.15, -0.1) is 0 Å². The minimum Gasteiger partial charge on any atom is -0.480 e. The fraction of sp³-hybridized carbons (Fsp3) is 0.714. The lowest BCUT2D eigenvalue weighted by molar-refractivity contribution is -0.142. The third-order valence-electron chi connectivity index (χ3n) is 1.88. The van der Waals surface area contributed by atoms with Crippen LogP contribution in [0.15, 0.2) is 0 Å². The van der Waals surface area contributed by atoms with Gasteiger partial charge in [0.15, 0.2) is 0 Å². The normalized spacial score (nSPS) is 19.4. The summed E-state index contributed by atoms with van der Waals surface area (Å²) in [7, 11) is 0. The van der Waals surface area contributed by atoms with Crippen LogP contribution in [0.2, 0.25) is 0 Å². The molecule has 0 aromatic rings. The van der Waals surface area contributed by atoms with E-state index in [9.17, 15) is 9.59 Å². The highest BCUT2D eigenvalue weighted by Crippen LogP contribution is 2.02. The van der Waals surface area contributed by atoms with Crippen LogP contribution in [0, 0.1) is 5.92 Å². The molecule has 1 aliphatic rings. The molecule has 68 valence electrons. The van der Waals surface area contributed by atoms with Crippen LogP contribution in [0.4, 0.5) is 0 Å². The van der Waals surface area contributed by atoms with Crippen molar-refractivity contribution >= 4 is 11.9 Å². The molecule has 1 aliphatic heterocycles. The monoisotopic (exact) mass is 172 g/mol. The molecule has 1 atom stereocenters. The second kappa shape index (κ2) is 3.53. The third-order valence-corrected chi connectivity index (χ3v) is 1.88. The van der Waals surface area contributed by atoms with Crippen LogP contribution in [-0.4, -0.2) is 36.1 Å². The Kier molecular flexibility index (Phi) is 2.65. The van der Waals surface area contributed by atoms with Crippen LogP contribution >= 0.6 is 0 Å². The van der Waals surface area contributed by atoms with Crippen molar-refractivity contribution in [3.05, 3.63) is 0 Å². The van der Waals surface area contributed by atoms with Crippen LogP contribution in [0.5, 0.6) is 0 Å². The second-order valence-corrected chi connectivity index (χ2v) is 2.92. The fourth-order valence-electron chi connectivity index (χ4n) is 0.867. The smallest absolute Gasteiger partial charge is 0.325 e. The lowest BCUT2D eigenvalue weighted by Crippen LogP contribution is -2.53. The van der Waals surface area contributed by atoms with Gasteiger partial charge in [-0.1, -0.05) is 0 Å². The molecule has 1 saturated heterocycles. The fourth-order valence-corrected chi connectivity index (χ4v) is 0.867. The van der Waals surface area contributed by atoms with Crippen LogP contribution < -0.4 is 10.6 Å². The summed E-state index contributed by atoms with van der Waals surface area (Å²) in [6, 6.07) is -0.793. The van der Waals surface area contributed by atoms with Crippen LogP contribution in [0.3, 0.4) is 0 Å². The number of hydrogen-bond acceptors (Lipinski definition) is 3. The van der Waals surface area contributed by atoms with E-state index in [1.54, 1.807) is 0 Å². The molecular formula is C7H12N2O3. The summed E-state index contributed by atoms with van der Waals surface area (Å²) in [4.78, 5) is 21.5. The van der Waals surface area contributed by atoms with E-state index in [0.29, 0.717) is 13.1 Å². The molecule has 0 unspecified atom stereocenters. The Labute approximate surface area is 70.1 Å². The average Bonchev–Trinajstić information content (AvgIpc) is 1.82. The molecule has 0 spiro atoms. The summed E-state index contributed by atoms with van der Waals surface area (Å²) in [5.41, 5.74) is 0. The van der Waals surface area contributed by atoms with Gasteiger partial charge < -0.3 is 15.7 Å². The van der Waals surface area contributed by atoms with Crippen molar-refractivity contribution in [3.63, 3.8) is 0 Å². The summed E-state index contributed by atoms with van der Waals surface area (Å²) in [5.74, 6) is -1.23. The average molecular weight is 172 g/mol. The quantitative estimate of drug-likeness (QED) is 0.499. The van der Waals surface area contributed by atoms with Crippen LogP contribution in [0.25, 0.3) is 0 Å². The Morgan fingerprint density at radius 2 is 2.17 bits per heavy atom. The molecule has 3 N–H and O–H groups in total. The van der Waals surface area contributed by atoms with Crippen molar-refractivity contribution in [2.75, 3.05) is 13.1 Å². The second-order valence-electron chi connectivity index (χ2n) is 2.92. The number of carboxylic acid groups (broad SMARTS) is 1. The first-order chi connectivity index (χ1) is 5.61. The van der Waals surface area contributed by atoms with E-state index in [2.05, 4.69) is 10.6 Å². The Morgan fingerprint density at radius 3 is 2.50 bits per heavy atom. The lowest BCUT2D eigenvalue weighted by atomic mass is 10.0. The van der Waals surface area contributed by atoms with E-state index < -0.39 is 12.0 Å². The van der Waals surface area contributed by atoms with Gasteiger partial charge in [-0.2, -0.15) is 0 Å². The largest absolute Gasteiger partial charge is 0.480 e. The molecule has 12 heavy (non-hydrogen) atoms. The molecule has 0 radical (unpaired) electrons. The maximum atomic E-state index is 11.1. The zero-order valence-corrected chi connectivity index (χ0v) is 6.83. The Bertz CT molecular complexity index is 201. The summed E-state index contributed by atoms with van der Waals surface area (Å²) in [5, 5.41) is 13.8. The minimum atomic E-state index is -1.00. The molecule has 0 aliphatic carbocycles. The van der Waals surface area contributed by atoms with E-state index in [0.717, 1.165) is 0 Å². The van der Waals surface area contributed by atoms with Gasteiger partial charge in [-0.05, 0) is 6.92 Å². The molecule has 0 bridgehead atoms. The van der Waals surface area contributed by atoms with E-state index in [4.69, 9.17) is 5.11 Å². The van der Waals surface area contributed by atoms with E-state index in [1.807, 2.05) is 0 Å². The highest BCUT2D eigenvalue weighted by molar-refractivity contribution is 5.85. The van der Waals surface area contributed by atoms with Gasteiger partial charge in [-0.3, -0.25) is 9.59 Å². The van der Waals surface area contributed by atoms with Crippen LogP contribution in [-0.2, 0) is 9.59 Å². The highest BCUT2D eigenvalue weighted by Gasteiger charge is 2.26. The predicted molar refractivity (Wildman–Crippen MR) is 41.6 cm³/mol. The maximum Gasteiger partial charge on any atom is 0.325 e. The number of amides is 1. The summed E-state index contributed by atoms with van der Waals surface area (Å²) in [6.07, 6.45) is 0. The number of rotatable bonds is 3. The SMILES string of the molecule is C[C@@H](NC(=O)C1CNC1)C(=O)O. The van der Waals surface area contributed by atoms with Gasteiger partial charge in [0.1, 0.15) is 6.04 Å². The van der Waals surface area contributed by atoms with Gasteiger partial charge in [0.2, 0.25) is 5.91 Å². The number of aliphatic carboxylic acids is 1. The molecule has 0 aromatic heterocycles. The summed E-state index contributed by atoms with van der Waals surface area (Å²) < 4.78 is 0. The molecule has 0 saturated carbocycles. The molecule has 1 amide bonds. The zero-order valence-electron chi connectivity index (χ0n) is 6.83. The summed E-state index contributed by atoms with van der Waals surface area (Å²) in [6.45, 7) is 2.75. The Balaban J connectivity index is 2.29. The standard InChI is InChI=1S/C7H12N2O3/c1-4(7(11)12)9-6(10)5-2-8-3-5/h4-5,8H,2-3H2,1H3,(H,9,10)(H,11,12)/t4-/m1/s1. The first-order valence-electron chi connectivity index (χ1n) is 3.85. The van der Waals surface area contributed by atoms with Crippen LogP contribution in [0.1, 0.15) is 6.92 Å².